The topological polar surface area (TPSA) is 46.4 Å². The van der Waals surface area contributed by atoms with Crippen molar-refractivity contribution in [1.82, 2.24) is 14.7 Å². The van der Waals surface area contributed by atoms with Crippen molar-refractivity contribution in [3.05, 3.63) is 73.6 Å². The molecule has 0 amide bonds. The van der Waals surface area contributed by atoms with Crippen LogP contribution in [0, 0.1) is 6.92 Å². The molecule has 0 bridgehead atoms. The largest absolute Gasteiger partial charge is 0.416 e. The number of benzene rings is 1. The zero-order valence-corrected chi connectivity index (χ0v) is 16.0. The third kappa shape index (κ3) is 3.72. The number of rotatable bonds is 4. The van der Waals surface area contributed by atoms with Crippen LogP contribution in [-0.4, -0.2) is 16.4 Å². The molecule has 0 unspecified atom stereocenters. The van der Waals surface area contributed by atoms with Gasteiger partial charge in [0.05, 0.1) is 22.6 Å². The first-order valence-corrected chi connectivity index (χ1v) is 9.06. The number of nitrogens with one attached hydrogen (secondary N) is 1. The van der Waals surface area contributed by atoms with Crippen molar-refractivity contribution in [2.45, 2.75) is 19.5 Å². The lowest BCUT2D eigenvalue weighted by molar-refractivity contribution is -0.138. The van der Waals surface area contributed by atoms with Crippen LogP contribution in [0.2, 0.25) is 5.02 Å². The quantitative estimate of drug-likeness (QED) is 0.684. The van der Waals surface area contributed by atoms with E-state index >= 15 is 0 Å². The van der Waals surface area contributed by atoms with E-state index in [1.165, 1.54) is 33.9 Å². The lowest BCUT2D eigenvalue weighted by Gasteiger charge is -2.13. The average Bonchev–Trinajstić information content (AvgIpc) is 2.89. The van der Waals surface area contributed by atoms with Gasteiger partial charge in [-0.1, -0.05) is 18.2 Å². The fraction of sp³-hybridized carbons (Fsp3) is 0.222. The van der Waals surface area contributed by atoms with Gasteiger partial charge >= 0.3 is 6.18 Å². The first-order chi connectivity index (χ1) is 12.6. The number of hydrogen-bond acceptors (Lipinski definition) is 4. The summed E-state index contributed by atoms with van der Waals surface area (Å²) >= 11 is 7.14. The number of aromatic nitrogens is 2. The first-order valence-electron chi connectivity index (χ1n) is 7.86. The molecular weight excluding hydrogens is 399 g/mol. The minimum atomic E-state index is -4.52. The van der Waals surface area contributed by atoms with Crippen molar-refractivity contribution in [1.29, 1.82) is 0 Å². The van der Waals surface area contributed by atoms with Crippen molar-refractivity contribution in [3.63, 3.8) is 0 Å². The highest BCUT2D eigenvalue weighted by Gasteiger charge is 2.33. The number of nitrogens with zero attached hydrogens (tertiary/aromatic N) is 2. The first kappa shape index (κ1) is 19.4. The third-order valence-electron chi connectivity index (χ3n) is 4.07. The fourth-order valence-electron chi connectivity index (χ4n) is 2.86. The van der Waals surface area contributed by atoms with Crippen LogP contribution in [0.25, 0.3) is 10.7 Å². The monoisotopic (exact) mass is 413 g/mol. The number of aryl methyl sites for hydroxylation is 1. The van der Waals surface area contributed by atoms with Gasteiger partial charge in [-0.25, -0.2) is 9.38 Å². The van der Waals surface area contributed by atoms with Crippen LogP contribution in [0.3, 0.4) is 0 Å². The van der Waals surface area contributed by atoms with Gasteiger partial charge in [0.25, 0.3) is 5.56 Å². The van der Waals surface area contributed by atoms with Gasteiger partial charge in [-0.15, -0.1) is 11.3 Å². The van der Waals surface area contributed by atoms with Crippen LogP contribution >= 0.6 is 22.9 Å². The highest BCUT2D eigenvalue weighted by atomic mass is 35.5. The Bertz CT molecular complexity index is 1100. The molecule has 9 heteroatoms. The third-order valence-corrected chi connectivity index (χ3v) is 5.27. The molecule has 3 aromatic rings. The van der Waals surface area contributed by atoms with Crippen LogP contribution in [0.4, 0.5) is 13.2 Å². The van der Waals surface area contributed by atoms with E-state index in [0.717, 1.165) is 10.9 Å². The van der Waals surface area contributed by atoms with E-state index in [0.29, 0.717) is 16.4 Å². The zero-order chi connectivity index (χ0) is 19.9. The Balaban J connectivity index is 2.12. The predicted molar refractivity (Wildman–Crippen MR) is 101 cm³/mol. The summed E-state index contributed by atoms with van der Waals surface area (Å²) in [7, 11) is 1.69. The molecule has 4 nitrogen and oxygen atoms in total. The minimum absolute atomic E-state index is 0.0283. The highest BCUT2D eigenvalue weighted by Crippen LogP contribution is 2.34. The van der Waals surface area contributed by atoms with E-state index in [1.807, 2.05) is 6.92 Å². The van der Waals surface area contributed by atoms with Gasteiger partial charge in [-0.2, -0.15) is 13.2 Å². The molecule has 0 aliphatic rings. The summed E-state index contributed by atoms with van der Waals surface area (Å²) in [5.74, 6) is 0. The van der Waals surface area contributed by atoms with Crippen molar-refractivity contribution in [3.8, 4) is 0 Å². The summed E-state index contributed by atoms with van der Waals surface area (Å²) in [6.45, 7) is 5.70. The maximum absolute atomic E-state index is 13.3. The van der Waals surface area contributed by atoms with Crippen LogP contribution in [0.15, 0.2) is 35.6 Å². The molecule has 1 N–H and O–H groups in total. The number of halogens is 4. The molecule has 2 heterocycles. The molecule has 0 saturated heterocycles. The number of hydrogen-bond donors (Lipinski definition) is 1. The lowest BCUT2D eigenvalue weighted by atomic mass is 10.0. The summed E-state index contributed by atoms with van der Waals surface area (Å²) in [5.41, 5.74) is 0.224. The van der Waals surface area contributed by atoms with Crippen molar-refractivity contribution < 1.29 is 13.2 Å². The maximum Gasteiger partial charge on any atom is 0.416 e. The molecule has 1 aromatic carbocycles. The van der Waals surface area contributed by atoms with Crippen LogP contribution in [-0.2, 0) is 12.6 Å². The molecule has 3 rings (SSSR count). The van der Waals surface area contributed by atoms with Gasteiger partial charge in [0.1, 0.15) is 0 Å². The number of fused-ring (bicyclic) bond motifs is 1. The number of thiazole rings is 1. The van der Waals surface area contributed by atoms with Gasteiger partial charge in [-0.3, -0.25) is 4.79 Å². The van der Waals surface area contributed by atoms with E-state index in [1.54, 1.807) is 7.05 Å². The van der Waals surface area contributed by atoms with Crippen LogP contribution in [0.1, 0.15) is 27.4 Å². The maximum atomic E-state index is 13.3. The molecule has 0 atom stereocenters. The van der Waals surface area contributed by atoms with Gasteiger partial charge in [0, 0.05) is 29.4 Å². The molecule has 27 heavy (non-hydrogen) atoms. The summed E-state index contributed by atoms with van der Waals surface area (Å²) in [5, 5.41) is 3.09. The minimum Gasteiger partial charge on any atom is -0.387 e. The zero-order valence-electron chi connectivity index (χ0n) is 14.4. The predicted octanol–water partition coefficient (Wildman–Crippen LogP) is 4.52. The molecule has 0 aliphatic carbocycles. The summed E-state index contributed by atoms with van der Waals surface area (Å²) in [4.78, 5) is 18.2. The molecule has 142 valence electrons. The van der Waals surface area contributed by atoms with E-state index in [9.17, 15) is 18.0 Å². The Morgan fingerprint density at radius 3 is 2.70 bits per heavy atom. The second-order valence-electron chi connectivity index (χ2n) is 5.92. The molecular formula is C18H15ClF3N3OS. The van der Waals surface area contributed by atoms with E-state index in [-0.39, 0.29) is 28.3 Å². The van der Waals surface area contributed by atoms with Gasteiger partial charge in [0.2, 0.25) is 0 Å². The molecule has 0 saturated carbocycles. The SMILES string of the molecule is C=C(NC)c1c(C)sc2nc(Cc3cc(Cl)ccc3C(F)(F)F)cc(=O)n12. The van der Waals surface area contributed by atoms with Crippen molar-refractivity contribution in [2.24, 2.45) is 0 Å². The summed E-state index contributed by atoms with van der Waals surface area (Å²) < 4.78 is 41.2. The average molecular weight is 414 g/mol. The van der Waals surface area contributed by atoms with E-state index in [2.05, 4.69) is 16.9 Å². The second kappa shape index (κ2) is 7.01. The van der Waals surface area contributed by atoms with E-state index < -0.39 is 11.7 Å². The van der Waals surface area contributed by atoms with Gasteiger partial charge in [-0.05, 0) is 30.7 Å². The molecule has 0 aliphatic heterocycles. The van der Waals surface area contributed by atoms with Crippen molar-refractivity contribution >= 4 is 33.6 Å². The van der Waals surface area contributed by atoms with E-state index in [4.69, 9.17) is 11.6 Å². The van der Waals surface area contributed by atoms with Crippen molar-refractivity contribution in [2.75, 3.05) is 7.05 Å². The molecule has 2 aromatic heterocycles. The highest BCUT2D eigenvalue weighted by molar-refractivity contribution is 7.17. The molecule has 0 fully saturated rings. The summed E-state index contributed by atoms with van der Waals surface area (Å²) in [6, 6.07) is 4.62. The lowest BCUT2D eigenvalue weighted by Crippen LogP contribution is -2.19. The normalized spacial score (nSPS) is 11.8. The standard InChI is InChI=1S/C18H15ClF3N3OS/c1-9(23-3)16-10(2)27-17-24-13(8-15(26)25(16)17)7-11-6-12(19)4-5-14(11)18(20,21)22/h4-6,8,23H,1,7H2,2-3H3. The number of alkyl halides is 3. The van der Waals surface area contributed by atoms with Crippen LogP contribution in [0.5, 0.6) is 0 Å². The van der Waals surface area contributed by atoms with Gasteiger partial charge < -0.3 is 5.32 Å². The molecule has 0 radical (unpaired) electrons. The Labute approximate surface area is 161 Å². The smallest absolute Gasteiger partial charge is 0.387 e. The fourth-order valence-corrected chi connectivity index (χ4v) is 4.08. The van der Waals surface area contributed by atoms with Gasteiger partial charge in [0.15, 0.2) is 4.96 Å². The molecule has 0 spiro atoms. The Kier molecular flexibility index (Phi) is 5.05. The van der Waals surface area contributed by atoms with Crippen LogP contribution < -0.4 is 10.9 Å². The summed E-state index contributed by atoms with van der Waals surface area (Å²) in [6.07, 6.45) is -4.67. The Morgan fingerprint density at radius 1 is 1.37 bits per heavy atom. The Hall–Kier alpha value is -2.32. The Morgan fingerprint density at radius 2 is 2.07 bits per heavy atom. The second-order valence-corrected chi connectivity index (χ2v) is 7.53.